The summed E-state index contributed by atoms with van der Waals surface area (Å²) in [6.07, 6.45) is 1.79. The van der Waals surface area contributed by atoms with Crippen molar-refractivity contribution in [1.29, 1.82) is 0 Å². The van der Waals surface area contributed by atoms with E-state index in [2.05, 4.69) is 6.07 Å². The van der Waals surface area contributed by atoms with Gasteiger partial charge in [0.05, 0.1) is 6.61 Å². The van der Waals surface area contributed by atoms with Crippen molar-refractivity contribution in [2.75, 3.05) is 13.2 Å². The summed E-state index contributed by atoms with van der Waals surface area (Å²) in [5.74, 6) is 1.54. The molecular formula is C18H20FNO. The summed E-state index contributed by atoms with van der Waals surface area (Å²) in [7, 11) is 0. The number of hydrogen-bond acceptors (Lipinski definition) is 2. The third kappa shape index (κ3) is 3.24. The molecule has 3 heteroatoms. The Hall–Kier alpha value is -1.87. The minimum atomic E-state index is -0.183. The van der Waals surface area contributed by atoms with Gasteiger partial charge in [-0.2, -0.15) is 0 Å². The molecule has 0 saturated carbocycles. The lowest BCUT2D eigenvalue weighted by Crippen LogP contribution is -2.20. The van der Waals surface area contributed by atoms with Gasteiger partial charge in [-0.1, -0.05) is 30.3 Å². The van der Waals surface area contributed by atoms with Crippen molar-refractivity contribution in [2.24, 2.45) is 11.7 Å². The van der Waals surface area contributed by atoms with Gasteiger partial charge < -0.3 is 10.5 Å². The first-order valence-electron chi connectivity index (χ1n) is 7.42. The van der Waals surface area contributed by atoms with Crippen LogP contribution in [-0.2, 0) is 6.42 Å². The van der Waals surface area contributed by atoms with Crippen LogP contribution in [0.15, 0.2) is 48.5 Å². The topological polar surface area (TPSA) is 35.2 Å². The zero-order valence-corrected chi connectivity index (χ0v) is 12.0. The standard InChI is InChI=1S/C18H20FNO/c19-16-5-3-4-13(10-16)8-14(11-20)9-15-12-21-18-7-2-1-6-17(15)18/h1-7,10,14-15H,8-9,11-12,20H2. The fourth-order valence-corrected chi connectivity index (χ4v) is 3.09. The van der Waals surface area contributed by atoms with Crippen LogP contribution in [0.4, 0.5) is 4.39 Å². The Balaban J connectivity index is 1.68. The van der Waals surface area contributed by atoms with Crippen LogP contribution < -0.4 is 10.5 Å². The summed E-state index contributed by atoms with van der Waals surface area (Å²) in [5.41, 5.74) is 8.21. The van der Waals surface area contributed by atoms with Gasteiger partial charge in [-0.05, 0) is 49.1 Å². The van der Waals surface area contributed by atoms with Crippen molar-refractivity contribution in [3.8, 4) is 5.75 Å². The lowest BCUT2D eigenvalue weighted by Gasteiger charge is -2.18. The van der Waals surface area contributed by atoms with Gasteiger partial charge in [-0.15, -0.1) is 0 Å². The molecule has 2 N–H and O–H groups in total. The lowest BCUT2D eigenvalue weighted by molar-refractivity contribution is 0.306. The highest BCUT2D eigenvalue weighted by molar-refractivity contribution is 5.39. The van der Waals surface area contributed by atoms with Gasteiger partial charge >= 0.3 is 0 Å². The fourth-order valence-electron chi connectivity index (χ4n) is 3.09. The largest absolute Gasteiger partial charge is 0.493 e. The summed E-state index contributed by atoms with van der Waals surface area (Å²) in [6, 6.07) is 15.0. The maximum Gasteiger partial charge on any atom is 0.123 e. The van der Waals surface area contributed by atoms with E-state index >= 15 is 0 Å². The first-order chi connectivity index (χ1) is 10.3. The van der Waals surface area contributed by atoms with Crippen molar-refractivity contribution in [3.05, 3.63) is 65.5 Å². The van der Waals surface area contributed by atoms with Gasteiger partial charge in [0.15, 0.2) is 0 Å². The Morgan fingerprint density at radius 2 is 2.05 bits per heavy atom. The van der Waals surface area contributed by atoms with Crippen molar-refractivity contribution in [3.63, 3.8) is 0 Å². The van der Waals surface area contributed by atoms with E-state index < -0.39 is 0 Å². The summed E-state index contributed by atoms with van der Waals surface area (Å²) in [6.45, 7) is 1.33. The van der Waals surface area contributed by atoms with Crippen LogP contribution in [0.3, 0.4) is 0 Å². The smallest absolute Gasteiger partial charge is 0.123 e. The molecule has 2 unspecified atom stereocenters. The summed E-state index contributed by atoms with van der Waals surface area (Å²) < 4.78 is 19.0. The lowest BCUT2D eigenvalue weighted by atomic mass is 9.86. The van der Waals surface area contributed by atoms with Crippen LogP contribution in [0.1, 0.15) is 23.5 Å². The fraction of sp³-hybridized carbons (Fsp3) is 0.333. The molecule has 21 heavy (non-hydrogen) atoms. The van der Waals surface area contributed by atoms with E-state index in [0.29, 0.717) is 18.4 Å². The minimum Gasteiger partial charge on any atom is -0.493 e. The van der Waals surface area contributed by atoms with E-state index in [0.717, 1.165) is 30.8 Å². The number of nitrogens with two attached hydrogens (primary N) is 1. The highest BCUT2D eigenvalue weighted by atomic mass is 19.1. The van der Waals surface area contributed by atoms with Crippen molar-refractivity contribution in [2.45, 2.75) is 18.8 Å². The van der Waals surface area contributed by atoms with Crippen LogP contribution in [0.25, 0.3) is 0 Å². The van der Waals surface area contributed by atoms with E-state index in [4.69, 9.17) is 10.5 Å². The number of hydrogen-bond donors (Lipinski definition) is 1. The molecule has 0 aliphatic carbocycles. The molecule has 2 nitrogen and oxygen atoms in total. The molecule has 2 atom stereocenters. The molecule has 1 heterocycles. The monoisotopic (exact) mass is 285 g/mol. The second-order valence-corrected chi connectivity index (χ2v) is 5.72. The average Bonchev–Trinajstić information content (AvgIpc) is 2.90. The molecule has 0 spiro atoms. The molecule has 1 aliphatic rings. The maximum absolute atomic E-state index is 13.3. The number of halogens is 1. The Kier molecular flexibility index (Phi) is 4.20. The second-order valence-electron chi connectivity index (χ2n) is 5.72. The number of fused-ring (bicyclic) bond motifs is 1. The van der Waals surface area contributed by atoms with Crippen LogP contribution in [0, 0.1) is 11.7 Å². The molecule has 0 fully saturated rings. The normalized spacial score (nSPS) is 18.1. The summed E-state index contributed by atoms with van der Waals surface area (Å²) in [4.78, 5) is 0. The third-order valence-electron chi connectivity index (χ3n) is 4.16. The summed E-state index contributed by atoms with van der Waals surface area (Å²) >= 11 is 0. The predicted molar refractivity (Wildman–Crippen MR) is 81.9 cm³/mol. The molecule has 1 aliphatic heterocycles. The van der Waals surface area contributed by atoms with Crippen LogP contribution >= 0.6 is 0 Å². The zero-order chi connectivity index (χ0) is 14.7. The number of benzene rings is 2. The number of rotatable bonds is 5. The molecule has 2 aromatic rings. The molecule has 0 radical (unpaired) electrons. The van der Waals surface area contributed by atoms with Gasteiger partial charge in [-0.3, -0.25) is 0 Å². The van der Waals surface area contributed by atoms with E-state index in [1.165, 1.54) is 11.6 Å². The van der Waals surface area contributed by atoms with Gasteiger partial charge in [0.1, 0.15) is 11.6 Å². The van der Waals surface area contributed by atoms with Crippen molar-refractivity contribution >= 4 is 0 Å². The SMILES string of the molecule is NCC(Cc1cccc(F)c1)CC1COc2ccccc21. The first-order valence-corrected chi connectivity index (χ1v) is 7.42. The van der Waals surface area contributed by atoms with E-state index in [-0.39, 0.29) is 5.82 Å². The van der Waals surface area contributed by atoms with Gasteiger partial charge in [-0.25, -0.2) is 4.39 Å². The molecule has 0 aromatic heterocycles. The van der Waals surface area contributed by atoms with Crippen molar-refractivity contribution < 1.29 is 9.13 Å². The first kappa shape index (κ1) is 14.1. The quantitative estimate of drug-likeness (QED) is 0.912. The zero-order valence-electron chi connectivity index (χ0n) is 12.0. The number of para-hydroxylation sites is 1. The van der Waals surface area contributed by atoms with Gasteiger partial charge in [0.2, 0.25) is 0 Å². The highest BCUT2D eigenvalue weighted by Crippen LogP contribution is 2.37. The molecule has 0 amide bonds. The molecule has 3 rings (SSSR count). The molecular weight excluding hydrogens is 265 g/mol. The molecule has 2 aromatic carbocycles. The second kappa shape index (κ2) is 6.27. The van der Waals surface area contributed by atoms with Crippen LogP contribution in [0.5, 0.6) is 5.75 Å². The number of ether oxygens (including phenoxy) is 1. The van der Waals surface area contributed by atoms with Crippen LogP contribution in [-0.4, -0.2) is 13.2 Å². The molecule has 0 bridgehead atoms. The molecule has 0 saturated heterocycles. The Morgan fingerprint density at radius 3 is 2.86 bits per heavy atom. The van der Waals surface area contributed by atoms with Crippen molar-refractivity contribution in [1.82, 2.24) is 0 Å². The van der Waals surface area contributed by atoms with Gasteiger partial charge in [0.25, 0.3) is 0 Å². The predicted octanol–water partition coefficient (Wildman–Crippen LogP) is 3.51. The maximum atomic E-state index is 13.3. The van der Waals surface area contributed by atoms with Gasteiger partial charge in [0, 0.05) is 11.5 Å². The van der Waals surface area contributed by atoms with Crippen LogP contribution in [0.2, 0.25) is 0 Å². The third-order valence-corrected chi connectivity index (χ3v) is 4.16. The van der Waals surface area contributed by atoms with E-state index in [1.54, 1.807) is 12.1 Å². The highest BCUT2D eigenvalue weighted by Gasteiger charge is 2.26. The Labute approximate surface area is 124 Å². The Morgan fingerprint density at radius 1 is 1.19 bits per heavy atom. The molecule has 110 valence electrons. The Bertz CT molecular complexity index is 614. The van der Waals surface area contributed by atoms with E-state index in [9.17, 15) is 4.39 Å². The average molecular weight is 285 g/mol. The van der Waals surface area contributed by atoms with E-state index in [1.807, 2.05) is 24.3 Å². The summed E-state index contributed by atoms with van der Waals surface area (Å²) in [5, 5.41) is 0. The minimum absolute atomic E-state index is 0.183.